The Morgan fingerprint density at radius 3 is 3.17 bits per heavy atom. The predicted molar refractivity (Wildman–Crippen MR) is 72.8 cm³/mol. The van der Waals surface area contributed by atoms with E-state index in [0.717, 1.165) is 32.5 Å². The lowest BCUT2D eigenvalue weighted by Gasteiger charge is -2.15. The molecule has 0 spiro atoms. The Morgan fingerprint density at radius 1 is 1.56 bits per heavy atom. The molecule has 0 unspecified atom stereocenters. The molecule has 2 rings (SSSR count). The summed E-state index contributed by atoms with van der Waals surface area (Å²) < 4.78 is 1.70. The van der Waals surface area contributed by atoms with Gasteiger partial charge < -0.3 is 15.2 Å². The van der Waals surface area contributed by atoms with Gasteiger partial charge in [-0.1, -0.05) is 18.6 Å². The number of hydrogen-bond donors (Lipinski definition) is 2. The van der Waals surface area contributed by atoms with E-state index in [0.29, 0.717) is 12.4 Å². The highest BCUT2D eigenvalue weighted by atomic mass is 16.1. The topological polar surface area (TPSA) is 59.0 Å². The Hall–Kier alpha value is -1.62. The van der Waals surface area contributed by atoms with Crippen LogP contribution in [0.5, 0.6) is 0 Å². The normalized spacial score (nSPS) is 15.3. The highest BCUT2D eigenvalue weighted by Crippen LogP contribution is 2.05. The lowest BCUT2D eigenvalue weighted by atomic mass is 10.1. The van der Waals surface area contributed by atoms with Crippen LogP contribution in [0.25, 0.3) is 0 Å². The smallest absolute Gasteiger partial charge is 0.293 e. The molecule has 0 aliphatic carbocycles. The quantitative estimate of drug-likeness (QED) is 0.763. The van der Waals surface area contributed by atoms with Crippen molar-refractivity contribution < 1.29 is 0 Å². The van der Waals surface area contributed by atoms with E-state index >= 15 is 0 Å². The van der Waals surface area contributed by atoms with Crippen LogP contribution >= 0.6 is 0 Å². The molecule has 1 aliphatic heterocycles. The number of rotatable bonds is 5. The highest BCUT2D eigenvalue weighted by Gasteiger charge is 2.06. The second-order valence-electron chi connectivity index (χ2n) is 4.44. The molecule has 0 bridgehead atoms. The summed E-state index contributed by atoms with van der Waals surface area (Å²) in [7, 11) is 0. The van der Waals surface area contributed by atoms with Crippen LogP contribution in [0.3, 0.4) is 0 Å². The number of nitrogens with zero attached hydrogens (tertiary/aromatic N) is 2. The maximum atomic E-state index is 12.0. The number of anilines is 1. The van der Waals surface area contributed by atoms with Crippen molar-refractivity contribution >= 4 is 5.82 Å². The van der Waals surface area contributed by atoms with E-state index in [1.54, 1.807) is 17.0 Å². The number of hydrogen-bond acceptors (Lipinski definition) is 4. The SMILES string of the molecule is CCCn1ccnc(NCC2=CCNCC2)c1=O. The molecule has 0 atom stereocenters. The van der Waals surface area contributed by atoms with Crippen LogP contribution in [-0.4, -0.2) is 29.2 Å². The van der Waals surface area contributed by atoms with Crippen molar-refractivity contribution in [3.63, 3.8) is 0 Å². The van der Waals surface area contributed by atoms with Crippen molar-refractivity contribution in [3.05, 3.63) is 34.4 Å². The zero-order chi connectivity index (χ0) is 12.8. The van der Waals surface area contributed by atoms with Gasteiger partial charge in [-0.25, -0.2) is 4.98 Å². The van der Waals surface area contributed by atoms with Gasteiger partial charge >= 0.3 is 0 Å². The van der Waals surface area contributed by atoms with Gasteiger partial charge in [0.25, 0.3) is 5.56 Å². The third-order valence-corrected chi connectivity index (χ3v) is 3.02. The molecule has 0 saturated heterocycles. The molecule has 0 radical (unpaired) electrons. The first-order chi connectivity index (χ1) is 8.81. The summed E-state index contributed by atoms with van der Waals surface area (Å²) in [5, 5.41) is 6.41. The van der Waals surface area contributed by atoms with E-state index in [9.17, 15) is 4.79 Å². The molecule has 18 heavy (non-hydrogen) atoms. The summed E-state index contributed by atoms with van der Waals surface area (Å²) in [4.78, 5) is 16.2. The maximum Gasteiger partial charge on any atom is 0.293 e. The van der Waals surface area contributed by atoms with Crippen LogP contribution in [0, 0.1) is 0 Å². The van der Waals surface area contributed by atoms with Crippen LogP contribution in [-0.2, 0) is 6.54 Å². The first kappa shape index (κ1) is 12.8. The third-order valence-electron chi connectivity index (χ3n) is 3.02. The summed E-state index contributed by atoms with van der Waals surface area (Å²) in [5.74, 6) is 0.449. The van der Waals surface area contributed by atoms with Crippen molar-refractivity contribution in [2.24, 2.45) is 0 Å². The van der Waals surface area contributed by atoms with Crippen molar-refractivity contribution in [2.75, 3.05) is 25.0 Å². The van der Waals surface area contributed by atoms with Gasteiger partial charge in [0.2, 0.25) is 0 Å². The Bertz CT molecular complexity index is 478. The summed E-state index contributed by atoms with van der Waals surface area (Å²) in [5.41, 5.74) is 1.30. The molecule has 1 aromatic heterocycles. The molecule has 5 nitrogen and oxygen atoms in total. The fourth-order valence-electron chi connectivity index (χ4n) is 2.01. The highest BCUT2D eigenvalue weighted by molar-refractivity contribution is 5.33. The van der Waals surface area contributed by atoms with Gasteiger partial charge in [0.15, 0.2) is 5.82 Å². The van der Waals surface area contributed by atoms with Gasteiger partial charge in [0.05, 0.1) is 0 Å². The van der Waals surface area contributed by atoms with E-state index < -0.39 is 0 Å². The zero-order valence-electron chi connectivity index (χ0n) is 10.8. The minimum absolute atomic E-state index is 0.0334. The largest absolute Gasteiger partial charge is 0.362 e. The molecule has 0 amide bonds. The zero-order valence-corrected chi connectivity index (χ0v) is 10.8. The summed E-state index contributed by atoms with van der Waals surface area (Å²) >= 11 is 0. The fraction of sp³-hybridized carbons (Fsp3) is 0.538. The van der Waals surface area contributed by atoms with Gasteiger partial charge in [-0.05, 0) is 19.4 Å². The van der Waals surface area contributed by atoms with Gasteiger partial charge in [-0.2, -0.15) is 0 Å². The molecule has 0 saturated carbocycles. The molecular weight excluding hydrogens is 228 g/mol. The minimum atomic E-state index is -0.0334. The monoisotopic (exact) mass is 248 g/mol. The first-order valence-electron chi connectivity index (χ1n) is 6.49. The average Bonchev–Trinajstić information content (AvgIpc) is 2.41. The van der Waals surface area contributed by atoms with Gasteiger partial charge in [-0.15, -0.1) is 0 Å². The lowest BCUT2D eigenvalue weighted by molar-refractivity contribution is 0.649. The first-order valence-corrected chi connectivity index (χ1v) is 6.49. The van der Waals surface area contributed by atoms with Crippen molar-refractivity contribution in [1.29, 1.82) is 0 Å². The van der Waals surface area contributed by atoms with Crippen molar-refractivity contribution in [2.45, 2.75) is 26.3 Å². The molecule has 1 aromatic rings. The maximum absolute atomic E-state index is 12.0. The van der Waals surface area contributed by atoms with Gasteiger partial charge in [-0.3, -0.25) is 4.79 Å². The van der Waals surface area contributed by atoms with Gasteiger partial charge in [0, 0.05) is 32.0 Å². The van der Waals surface area contributed by atoms with Gasteiger partial charge in [0.1, 0.15) is 0 Å². The van der Waals surface area contributed by atoms with E-state index in [-0.39, 0.29) is 5.56 Å². The molecule has 5 heteroatoms. The van der Waals surface area contributed by atoms with Crippen molar-refractivity contribution in [3.8, 4) is 0 Å². The molecular formula is C13H20N4O. The molecule has 0 fully saturated rings. The Labute approximate surface area is 107 Å². The average molecular weight is 248 g/mol. The molecule has 98 valence electrons. The van der Waals surface area contributed by atoms with Crippen LogP contribution < -0.4 is 16.2 Å². The summed E-state index contributed by atoms with van der Waals surface area (Å²) in [6.07, 6.45) is 7.56. The van der Waals surface area contributed by atoms with Crippen LogP contribution in [0.4, 0.5) is 5.82 Å². The molecule has 2 N–H and O–H groups in total. The number of aromatic nitrogens is 2. The van der Waals surface area contributed by atoms with Crippen molar-refractivity contribution in [1.82, 2.24) is 14.9 Å². The molecule has 2 heterocycles. The molecule has 0 aromatic carbocycles. The second-order valence-corrected chi connectivity index (χ2v) is 4.44. The standard InChI is InChI=1S/C13H20N4O/c1-2-8-17-9-7-15-12(13(17)18)16-10-11-3-5-14-6-4-11/h3,7,9,14H,2,4-6,8,10H2,1H3,(H,15,16). The second kappa shape index (κ2) is 6.35. The fourth-order valence-corrected chi connectivity index (χ4v) is 2.01. The van der Waals surface area contributed by atoms with E-state index in [1.807, 2.05) is 0 Å². The Morgan fingerprint density at radius 2 is 2.44 bits per heavy atom. The molecule has 1 aliphatic rings. The van der Waals surface area contributed by atoms with E-state index in [1.165, 1.54) is 5.57 Å². The number of nitrogens with one attached hydrogen (secondary N) is 2. The number of aryl methyl sites for hydroxylation is 1. The van der Waals surface area contributed by atoms with Crippen LogP contribution in [0.15, 0.2) is 28.8 Å². The predicted octanol–water partition coefficient (Wildman–Crippen LogP) is 0.985. The Kier molecular flexibility index (Phi) is 4.52. The summed E-state index contributed by atoms with van der Waals surface area (Å²) in [6, 6.07) is 0. The summed E-state index contributed by atoms with van der Waals surface area (Å²) in [6.45, 7) is 5.43. The van der Waals surface area contributed by atoms with Crippen LogP contribution in [0.2, 0.25) is 0 Å². The van der Waals surface area contributed by atoms with E-state index in [2.05, 4.69) is 28.6 Å². The third kappa shape index (κ3) is 3.20. The van der Waals surface area contributed by atoms with Crippen LogP contribution in [0.1, 0.15) is 19.8 Å². The lowest BCUT2D eigenvalue weighted by Crippen LogP contribution is -2.27. The van der Waals surface area contributed by atoms with E-state index in [4.69, 9.17) is 0 Å². The minimum Gasteiger partial charge on any atom is -0.362 e. The Balaban J connectivity index is 2.02.